The summed E-state index contributed by atoms with van der Waals surface area (Å²) in [5.74, 6) is 0.863. The first-order valence-corrected chi connectivity index (χ1v) is 6.57. The molecule has 0 fully saturated rings. The van der Waals surface area contributed by atoms with Gasteiger partial charge in [-0.3, -0.25) is 4.98 Å². The maximum Gasteiger partial charge on any atom is 0.119 e. The number of methoxy groups -OCH3 is 1. The standard InChI is InChI=1S/C17H16N2O/c1-20-16-9-7-15(8-10-16)19-12-14-5-2-4-13-6-3-11-18-17(13)14/h2-11,19H,12H2,1H3. The van der Waals surface area contributed by atoms with Crippen LogP contribution in [0.4, 0.5) is 5.69 Å². The van der Waals surface area contributed by atoms with Gasteiger partial charge in [0.15, 0.2) is 0 Å². The minimum atomic E-state index is 0.751. The van der Waals surface area contributed by atoms with Crippen LogP contribution in [0.2, 0.25) is 0 Å². The molecule has 3 heteroatoms. The number of fused-ring (bicyclic) bond motifs is 1. The molecule has 1 heterocycles. The molecule has 0 unspecified atom stereocenters. The molecule has 0 aliphatic rings. The number of nitrogens with one attached hydrogen (secondary N) is 1. The highest BCUT2D eigenvalue weighted by molar-refractivity contribution is 5.81. The molecule has 20 heavy (non-hydrogen) atoms. The van der Waals surface area contributed by atoms with E-state index in [4.69, 9.17) is 4.74 Å². The molecule has 100 valence electrons. The second kappa shape index (κ2) is 5.61. The molecule has 0 bridgehead atoms. The summed E-state index contributed by atoms with van der Waals surface area (Å²) in [5.41, 5.74) is 3.31. The Bertz CT molecular complexity index is 702. The molecular formula is C17H16N2O. The minimum absolute atomic E-state index is 0.751. The van der Waals surface area contributed by atoms with Crippen LogP contribution in [0.25, 0.3) is 10.9 Å². The number of nitrogens with zero attached hydrogens (tertiary/aromatic N) is 1. The van der Waals surface area contributed by atoms with Crippen LogP contribution in [0.1, 0.15) is 5.56 Å². The number of anilines is 1. The monoisotopic (exact) mass is 264 g/mol. The summed E-state index contributed by atoms with van der Waals surface area (Å²) in [5, 5.41) is 4.58. The van der Waals surface area contributed by atoms with Crippen LogP contribution in [0.15, 0.2) is 60.8 Å². The van der Waals surface area contributed by atoms with E-state index in [1.165, 1.54) is 10.9 Å². The molecule has 3 rings (SSSR count). The Morgan fingerprint density at radius 1 is 1.00 bits per heavy atom. The maximum atomic E-state index is 5.15. The third-order valence-electron chi connectivity index (χ3n) is 3.29. The van der Waals surface area contributed by atoms with Gasteiger partial charge in [-0.2, -0.15) is 0 Å². The summed E-state index contributed by atoms with van der Waals surface area (Å²) in [6.45, 7) is 0.751. The zero-order valence-electron chi connectivity index (χ0n) is 11.3. The Labute approximate surface area is 118 Å². The first kappa shape index (κ1) is 12.5. The summed E-state index contributed by atoms with van der Waals surface area (Å²) in [6.07, 6.45) is 1.83. The molecule has 1 N–H and O–H groups in total. The van der Waals surface area contributed by atoms with Crippen molar-refractivity contribution in [1.29, 1.82) is 0 Å². The molecule has 0 saturated heterocycles. The average molecular weight is 264 g/mol. The number of hydrogen-bond acceptors (Lipinski definition) is 3. The number of aromatic nitrogens is 1. The largest absolute Gasteiger partial charge is 0.497 e. The molecule has 0 saturated carbocycles. The average Bonchev–Trinajstić information content (AvgIpc) is 2.53. The van der Waals surface area contributed by atoms with Gasteiger partial charge >= 0.3 is 0 Å². The second-order valence-corrected chi connectivity index (χ2v) is 4.57. The molecule has 0 aliphatic carbocycles. The summed E-state index contributed by atoms with van der Waals surface area (Å²) < 4.78 is 5.15. The molecule has 0 amide bonds. The first-order valence-electron chi connectivity index (χ1n) is 6.57. The first-order chi connectivity index (χ1) is 9.86. The number of rotatable bonds is 4. The molecule has 0 atom stereocenters. The molecule has 3 nitrogen and oxygen atoms in total. The van der Waals surface area contributed by atoms with Gasteiger partial charge in [0.25, 0.3) is 0 Å². The highest BCUT2D eigenvalue weighted by atomic mass is 16.5. The van der Waals surface area contributed by atoms with Crippen LogP contribution in [0, 0.1) is 0 Å². The van der Waals surface area contributed by atoms with Crippen LogP contribution in [-0.2, 0) is 6.54 Å². The minimum Gasteiger partial charge on any atom is -0.497 e. The number of hydrogen-bond donors (Lipinski definition) is 1. The normalized spacial score (nSPS) is 10.4. The van der Waals surface area contributed by atoms with E-state index >= 15 is 0 Å². The predicted octanol–water partition coefficient (Wildman–Crippen LogP) is 3.86. The Kier molecular flexibility index (Phi) is 3.50. The van der Waals surface area contributed by atoms with Crippen LogP contribution < -0.4 is 10.1 Å². The van der Waals surface area contributed by atoms with Crippen molar-refractivity contribution in [3.8, 4) is 5.75 Å². The van der Waals surface area contributed by atoms with Gasteiger partial charge in [-0.1, -0.05) is 24.3 Å². The molecule has 1 aromatic heterocycles. The summed E-state index contributed by atoms with van der Waals surface area (Å²) in [7, 11) is 1.67. The third-order valence-corrected chi connectivity index (χ3v) is 3.29. The van der Waals surface area contributed by atoms with Crippen molar-refractivity contribution in [2.75, 3.05) is 12.4 Å². The SMILES string of the molecule is COc1ccc(NCc2cccc3cccnc23)cc1. The van der Waals surface area contributed by atoms with Crippen LogP contribution >= 0.6 is 0 Å². The molecule has 0 radical (unpaired) electrons. The molecular weight excluding hydrogens is 248 g/mol. The number of pyridine rings is 1. The van der Waals surface area contributed by atoms with Crippen LogP contribution in [-0.4, -0.2) is 12.1 Å². The highest BCUT2D eigenvalue weighted by Gasteiger charge is 2.01. The van der Waals surface area contributed by atoms with Crippen LogP contribution in [0.3, 0.4) is 0 Å². The van der Waals surface area contributed by atoms with Crippen molar-refractivity contribution in [3.05, 3.63) is 66.4 Å². The van der Waals surface area contributed by atoms with Crippen LogP contribution in [0.5, 0.6) is 5.75 Å². The lowest BCUT2D eigenvalue weighted by atomic mass is 10.1. The van der Waals surface area contributed by atoms with Gasteiger partial charge in [0.05, 0.1) is 12.6 Å². The van der Waals surface area contributed by atoms with Gasteiger partial charge in [-0.25, -0.2) is 0 Å². The lowest BCUT2D eigenvalue weighted by Crippen LogP contribution is -2.00. The number of benzene rings is 2. The lowest BCUT2D eigenvalue weighted by molar-refractivity contribution is 0.415. The fraction of sp³-hybridized carbons (Fsp3) is 0.118. The molecule has 0 aliphatic heterocycles. The fourth-order valence-electron chi connectivity index (χ4n) is 2.22. The van der Waals surface area contributed by atoms with E-state index < -0.39 is 0 Å². The van der Waals surface area contributed by atoms with Gasteiger partial charge in [0.2, 0.25) is 0 Å². The molecule has 2 aromatic carbocycles. The maximum absolute atomic E-state index is 5.15. The predicted molar refractivity (Wildman–Crippen MR) is 82.1 cm³/mol. The summed E-state index contributed by atoms with van der Waals surface area (Å²) in [4.78, 5) is 4.46. The topological polar surface area (TPSA) is 34.1 Å². The smallest absolute Gasteiger partial charge is 0.119 e. The van der Waals surface area contributed by atoms with Gasteiger partial charge < -0.3 is 10.1 Å². The van der Waals surface area contributed by atoms with E-state index in [1.54, 1.807) is 7.11 Å². The fourth-order valence-corrected chi connectivity index (χ4v) is 2.22. The number of para-hydroxylation sites is 1. The van der Waals surface area contributed by atoms with Crippen molar-refractivity contribution < 1.29 is 4.74 Å². The Morgan fingerprint density at radius 3 is 2.60 bits per heavy atom. The van der Waals surface area contributed by atoms with E-state index in [2.05, 4.69) is 34.6 Å². The third kappa shape index (κ3) is 2.57. The Morgan fingerprint density at radius 2 is 1.80 bits per heavy atom. The van der Waals surface area contributed by atoms with Crippen molar-refractivity contribution in [1.82, 2.24) is 4.98 Å². The molecule has 3 aromatic rings. The molecule has 0 spiro atoms. The zero-order valence-corrected chi connectivity index (χ0v) is 11.3. The van der Waals surface area contributed by atoms with Crippen molar-refractivity contribution >= 4 is 16.6 Å². The quantitative estimate of drug-likeness (QED) is 0.777. The Hall–Kier alpha value is -2.55. The van der Waals surface area contributed by atoms with Crippen molar-refractivity contribution in [2.24, 2.45) is 0 Å². The van der Waals surface area contributed by atoms with Crippen molar-refractivity contribution in [3.63, 3.8) is 0 Å². The van der Waals surface area contributed by atoms with E-state index in [0.29, 0.717) is 0 Å². The van der Waals surface area contributed by atoms with Crippen molar-refractivity contribution in [2.45, 2.75) is 6.54 Å². The number of ether oxygens (including phenoxy) is 1. The zero-order chi connectivity index (χ0) is 13.8. The van der Waals surface area contributed by atoms with Gasteiger partial charge in [-0.05, 0) is 35.9 Å². The Balaban J connectivity index is 1.79. The van der Waals surface area contributed by atoms with E-state index in [0.717, 1.165) is 23.5 Å². The summed E-state index contributed by atoms with van der Waals surface area (Å²) >= 11 is 0. The van der Waals surface area contributed by atoms with Gasteiger partial charge in [-0.15, -0.1) is 0 Å². The van der Waals surface area contributed by atoms with E-state index in [-0.39, 0.29) is 0 Å². The van der Waals surface area contributed by atoms with E-state index in [9.17, 15) is 0 Å². The second-order valence-electron chi connectivity index (χ2n) is 4.57. The van der Waals surface area contributed by atoms with E-state index in [1.807, 2.05) is 36.5 Å². The van der Waals surface area contributed by atoms with Gasteiger partial charge in [0.1, 0.15) is 5.75 Å². The highest BCUT2D eigenvalue weighted by Crippen LogP contribution is 2.19. The summed E-state index contributed by atoms with van der Waals surface area (Å²) in [6, 6.07) is 18.2. The van der Waals surface area contributed by atoms with Gasteiger partial charge in [0, 0.05) is 23.8 Å². The lowest BCUT2D eigenvalue weighted by Gasteiger charge is -2.09.